The van der Waals surface area contributed by atoms with E-state index < -0.39 is 4.92 Å². The van der Waals surface area contributed by atoms with Crippen LogP contribution in [0.5, 0.6) is 0 Å². The molecule has 104 valence electrons. The molecule has 9 heteroatoms. The summed E-state index contributed by atoms with van der Waals surface area (Å²) >= 11 is 5.89. The highest BCUT2D eigenvalue weighted by molar-refractivity contribution is 6.31. The lowest BCUT2D eigenvalue weighted by atomic mass is 10.1. The summed E-state index contributed by atoms with van der Waals surface area (Å²) in [4.78, 5) is 10.6. The Morgan fingerprint density at radius 1 is 1.60 bits per heavy atom. The Morgan fingerprint density at radius 2 is 2.30 bits per heavy atom. The number of oxime groups is 1. The Bertz CT molecular complexity index is 691. The average Bonchev–Trinajstić information content (AvgIpc) is 2.77. The number of aryl methyl sites for hydroxylation is 1. The summed E-state index contributed by atoms with van der Waals surface area (Å²) in [7, 11) is 0. The van der Waals surface area contributed by atoms with Gasteiger partial charge in [-0.05, 0) is 19.1 Å². The average molecular weight is 296 g/mol. The van der Waals surface area contributed by atoms with Gasteiger partial charge in [0.25, 0.3) is 5.69 Å². The standard InChI is InChI=1S/C11H10ClN5O3/c1-6-8(12)5-16(14-6)9-3-2-7(11(13)15-18)4-10(9)17(19)20/h2-5,18H,1H3,(H2,13,15). The van der Waals surface area contributed by atoms with Crippen molar-refractivity contribution < 1.29 is 10.1 Å². The van der Waals surface area contributed by atoms with Crippen LogP contribution in [0.2, 0.25) is 5.02 Å². The molecule has 0 atom stereocenters. The van der Waals surface area contributed by atoms with Gasteiger partial charge < -0.3 is 10.9 Å². The summed E-state index contributed by atoms with van der Waals surface area (Å²) < 4.78 is 1.31. The third-order valence-corrected chi connectivity index (χ3v) is 3.03. The number of nitro benzene ring substituents is 1. The van der Waals surface area contributed by atoms with E-state index in [2.05, 4.69) is 10.3 Å². The summed E-state index contributed by atoms with van der Waals surface area (Å²) in [6.45, 7) is 1.69. The van der Waals surface area contributed by atoms with Gasteiger partial charge in [0.2, 0.25) is 0 Å². The predicted molar refractivity (Wildman–Crippen MR) is 72.5 cm³/mol. The van der Waals surface area contributed by atoms with Gasteiger partial charge in [-0.2, -0.15) is 5.10 Å². The summed E-state index contributed by atoms with van der Waals surface area (Å²) in [6.07, 6.45) is 1.47. The van der Waals surface area contributed by atoms with Crippen LogP contribution in [0.1, 0.15) is 11.3 Å². The normalized spacial score (nSPS) is 11.6. The number of nitrogens with two attached hydrogens (primary N) is 1. The van der Waals surface area contributed by atoms with E-state index in [4.69, 9.17) is 22.5 Å². The molecule has 0 bridgehead atoms. The quantitative estimate of drug-likeness (QED) is 0.294. The molecule has 20 heavy (non-hydrogen) atoms. The van der Waals surface area contributed by atoms with E-state index in [9.17, 15) is 10.1 Å². The van der Waals surface area contributed by atoms with Crippen LogP contribution in [0.4, 0.5) is 5.69 Å². The van der Waals surface area contributed by atoms with Crippen molar-refractivity contribution in [2.75, 3.05) is 0 Å². The van der Waals surface area contributed by atoms with Crippen molar-refractivity contribution in [2.24, 2.45) is 10.9 Å². The molecule has 0 aliphatic rings. The van der Waals surface area contributed by atoms with E-state index in [1.54, 1.807) is 6.92 Å². The first kappa shape index (κ1) is 13.8. The van der Waals surface area contributed by atoms with Crippen LogP contribution in [0.15, 0.2) is 29.6 Å². The number of nitro groups is 1. The maximum absolute atomic E-state index is 11.1. The zero-order valence-electron chi connectivity index (χ0n) is 10.3. The lowest BCUT2D eigenvalue weighted by Crippen LogP contribution is -2.14. The predicted octanol–water partition coefficient (Wildman–Crippen LogP) is 1.84. The highest BCUT2D eigenvalue weighted by atomic mass is 35.5. The van der Waals surface area contributed by atoms with Crippen molar-refractivity contribution in [3.8, 4) is 5.69 Å². The third-order valence-electron chi connectivity index (χ3n) is 2.66. The van der Waals surface area contributed by atoms with Crippen LogP contribution in [0.25, 0.3) is 5.69 Å². The van der Waals surface area contributed by atoms with Gasteiger partial charge in [-0.3, -0.25) is 10.1 Å². The molecule has 1 aromatic carbocycles. The van der Waals surface area contributed by atoms with E-state index in [0.717, 1.165) is 0 Å². The molecule has 0 spiro atoms. The first-order valence-corrected chi connectivity index (χ1v) is 5.80. The van der Waals surface area contributed by atoms with E-state index in [1.165, 1.54) is 29.1 Å². The first-order valence-electron chi connectivity index (χ1n) is 5.42. The van der Waals surface area contributed by atoms with Crippen molar-refractivity contribution in [1.82, 2.24) is 9.78 Å². The van der Waals surface area contributed by atoms with Crippen molar-refractivity contribution in [1.29, 1.82) is 0 Å². The molecule has 0 aliphatic carbocycles. The molecule has 3 N–H and O–H groups in total. The van der Waals surface area contributed by atoms with Crippen LogP contribution in [0.3, 0.4) is 0 Å². The van der Waals surface area contributed by atoms with Crippen molar-refractivity contribution in [3.63, 3.8) is 0 Å². The largest absolute Gasteiger partial charge is 0.409 e. The number of aromatic nitrogens is 2. The zero-order valence-corrected chi connectivity index (χ0v) is 11.1. The Labute approximate surface area is 118 Å². The second-order valence-electron chi connectivity index (χ2n) is 3.95. The van der Waals surface area contributed by atoms with Gasteiger partial charge in [-0.25, -0.2) is 4.68 Å². The summed E-state index contributed by atoms with van der Waals surface area (Å²) in [6, 6.07) is 4.14. The van der Waals surface area contributed by atoms with Gasteiger partial charge in [0, 0.05) is 17.8 Å². The zero-order chi connectivity index (χ0) is 14.9. The second-order valence-corrected chi connectivity index (χ2v) is 4.36. The Kier molecular flexibility index (Phi) is 3.57. The van der Waals surface area contributed by atoms with E-state index in [1.807, 2.05) is 0 Å². The number of halogens is 1. The van der Waals surface area contributed by atoms with Crippen LogP contribution in [-0.4, -0.2) is 25.7 Å². The molecule has 0 radical (unpaired) electrons. The third kappa shape index (κ3) is 2.41. The van der Waals surface area contributed by atoms with Crippen molar-refractivity contribution in [3.05, 3.63) is 50.8 Å². The Hall–Kier alpha value is -2.61. The molecule has 0 aliphatic heterocycles. The van der Waals surface area contributed by atoms with Gasteiger partial charge in [-0.1, -0.05) is 16.8 Å². The maximum Gasteiger partial charge on any atom is 0.295 e. The van der Waals surface area contributed by atoms with E-state index >= 15 is 0 Å². The van der Waals surface area contributed by atoms with Gasteiger partial charge in [0.15, 0.2) is 5.84 Å². The molecule has 2 aromatic rings. The van der Waals surface area contributed by atoms with Gasteiger partial charge >= 0.3 is 0 Å². The molecule has 1 heterocycles. The van der Waals surface area contributed by atoms with Gasteiger partial charge in [-0.15, -0.1) is 0 Å². The monoisotopic (exact) mass is 295 g/mol. The summed E-state index contributed by atoms with van der Waals surface area (Å²) in [5, 5.41) is 27.0. The number of hydrogen-bond donors (Lipinski definition) is 2. The number of nitrogens with zero attached hydrogens (tertiary/aromatic N) is 4. The molecule has 1 aromatic heterocycles. The molecule has 0 fully saturated rings. The van der Waals surface area contributed by atoms with Crippen molar-refractivity contribution >= 4 is 23.1 Å². The molecule has 0 unspecified atom stereocenters. The van der Waals surface area contributed by atoms with Crippen LogP contribution in [-0.2, 0) is 0 Å². The number of benzene rings is 1. The first-order chi connectivity index (χ1) is 9.43. The van der Waals surface area contributed by atoms with E-state index in [0.29, 0.717) is 10.7 Å². The topological polar surface area (TPSA) is 120 Å². The van der Waals surface area contributed by atoms with Gasteiger partial charge in [0.05, 0.1) is 15.6 Å². The fourth-order valence-electron chi connectivity index (χ4n) is 1.64. The maximum atomic E-state index is 11.1. The minimum Gasteiger partial charge on any atom is -0.409 e. The summed E-state index contributed by atoms with van der Waals surface area (Å²) in [5.74, 6) is -0.214. The van der Waals surface area contributed by atoms with Crippen LogP contribution < -0.4 is 5.73 Å². The highest BCUT2D eigenvalue weighted by Gasteiger charge is 2.19. The number of amidine groups is 1. The minimum absolute atomic E-state index is 0.214. The van der Waals surface area contributed by atoms with Gasteiger partial charge in [0.1, 0.15) is 5.69 Å². The minimum atomic E-state index is -0.575. The molecule has 0 saturated heterocycles. The van der Waals surface area contributed by atoms with Crippen molar-refractivity contribution in [2.45, 2.75) is 6.92 Å². The summed E-state index contributed by atoms with van der Waals surface area (Å²) in [5.41, 5.74) is 6.21. The lowest BCUT2D eigenvalue weighted by molar-refractivity contribution is -0.384. The molecular formula is C11H10ClN5O3. The van der Waals surface area contributed by atoms with E-state index in [-0.39, 0.29) is 22.8 Å². The molecule has 8 nitrogen and oxygen atoms in total. The van der Waals surface area contributed by atoms with Crippen LogP contribution >= 0.6 is 11.6 Å². The molecule has 0 amide bonds. The smallest absolute Gasteiger partial charge is 0.295 e. The second kappa shape index (κ2) is 5.17. The highest BCUT2D eigenvalue weighted by Crippen LogP contribution is 2.26. The number of hydrogen-bond acceptors (Lipinski definition) is 5. The molecule has 2 rings (SSSR count). The molecular weight excluding hydrogens is 286 g/mol. The number of rotatable bonds is 3. The molecule has 0 saturated carbocycles. The fraction of sp³-hybridized carbons (Fsp3) is 0.0909. The lowest BCUT2D eigenvalue weighted by Gasteiger charge is -2.05. The Balaban J connectivity index is 2.62. The SMILES string of the molecule is Cc1nn(-c2ccc(C(N)=NO)cc2[N+](=O)[O-])cc1Cl. The van der Waals surface area contributed by atoms with Crippen LogP contribution in [0, 0.1) is 17.0 Å². The fourth-order valence-corrected chi connectivity index (χ4v) is 1.77. The Morgan fingerprint density at radius 3 is 2.80 bits per heavy atom.